The second kappa shape index (κ2) is 17.4. The molecule has 2 saturated carbocycles. The van der Waals surface area contributed by atoms with Gasteiger partial charge in [0.15, 0.2) is 0 Å². The molecule has 0 spiro atoms. The first-order valence-corrected chi connectivity index (χ1v) is 20.1. The molecular formula is C43H53ClN12O6. The number of imidazole rings is 2. The molecule has 3 N–H and O–H groups in total. The quantitative estimate of drug-likeness (QED) is 0.144. The van der Waals surface area contributed by atoms with Gasteiger partial charge in [-0.15, -0.1) is 22.6 Å². The molecule has 2 aliphatic rings. The van der Waals surface area contributed by atoms with E-state index in [-0.39, 0.29) is 24.3 Å². The van der Waals surface area contributed by atoms with Gasteiger partial charge < -0.3 is 19.9 Å². The highest BCUT2D eigenvalue weighted by atomic mass is 35.5. The fourth-order valence-corrected chi connectivity index (χ4v) is 6.11. The van der Waals surface area contributed by atoms with Gasteiger partial charge in [-0.2, -0.15) is 0 Å². The van der Waals surface area contributed by atoms with Crippen molar-refractivity contribution < 1.29 is 28.6 Å². The molecule has 62 heavy (non-hydrogen) atoms. The van der Waals surface area contributed by atoms with Crippen molar-refractivity contribution in [1.29, 1.82) is 0 Å². The number of ether oxygens (including phenoxy) is 3. The molecular weight excluding hydrogens is 816 g/mol. The normalized spacial score (nSPS) is 14.0. The van der Waals surface area contributed by atoms with Crippen molar-refractivity contribution in [1.82, 2.24) is 49.1 Å². The molecule has 4 aromatic heterocycles. The van der Waals surface area contributed by atoms with Crippen LogP contribution in [0.15, 0.2) is 73.3 Å². The lowest BCUT2D eigenvalue weighted by Gasteiger charge is -2.22. The van der Waals surface area contributed by atoms with E-state index in [1.165, 1.54) is 28.2 Å². The Labute approximate surface area is 365 Å². The minimum absolute atomic E-state index is 0. The number of benzene rings is 2. The number of nitrogens with zero attached hydrogens (tertiary/aromatic N) is 10. The monoisotopic (exact) mass is 868 g/mol. The predicted octanol–water partition coefficient (Wildman–Crippen LogP) is 8.93. The largest absolute Gasteiger partial charge is 0.444 e. The van der Waals surface area contributed by atoms with Crippen LogP contribution in [0.4, 0.5) is 26.3 Å². The van der Waals surface area contributed by atoms with Gasteiger partial charge in [0.1, 0.15) is 16.8 Å². The Balaban J connectivity index is 0.000000209. The highest BCUT2D eigenvalue weighted by Gasteiger charge is 2.29. The summed E-state index contributed by atoms with van der Waals surface area (Å²) in [5, 5.41) is 19.4. The first-order valence-electron chi connectivity index (χ1n) is 20.1. The summed E-state index contributed by atoms with van der Waals surface area (Å²) >= 11 is 0. The maximum atomic E-state index is 13.1. The van der Waals surface area contributed by atoms with Crippen LogP contribution in [0, 0.1) is 0 Å². The molecule has 0 aliphatic heterocycles. The molecule has 0 radical (unpaired) electrons. The Morgan fingerprint density at radius 3 is 1.44 bits per heavy atom. The first-order chi connectivity index (χ1) is 28.7. The smallest absolute Gasteiger partial charge is 0.421 e. The van der Waals surface area contributed by atoms with Crippen LogP contribution >= 0.6 is 12.4 Å². The van der Waals surface area contributed by atoms with Crippen LogP contribution in [-0.4, -0.2) is 84.2 Å². The molecule has 2 aromatic carbocycles. The maximum absolute atomic E-state index is 13.1. The number of nitrogen functional groups attached to an aromatic ring is 1. The topological polar surface area (TPSA) is 214 Å². The molecule has 18 nitrogen and oxygen atoms in total. The van der Waals surface area contributed by atoms with Gasteiger partial charge >= 0.3 is 18.3 Å². The predicted molar refractivity (Wildman–Crippen MR) is 234 cm³/mol. The number of rotatable bonds is 7. The number of aromatic nitrogens is 10. The number of amides is 1. The lowest BCUT2D eigenvalue weighted by Crippen LogP contribution is -2.31. The lowest BCUT2D eigenvalue weighted by molar-refractivity contribution is 0.0529. The van der Waals surface area contributed by atoms with E-state index in [9.17, 15) is 14.4 Å². The van der Waals surface area contributed by atoms with Gasteiger partial charge in [-0.05, 0) is 112 Å². The summed E-state index contributed by atoms with van der Waals surface area (Å²) in [6.07, 6.45) is 9.74. The summed E-state index contributed by atoms with van der Waals surface area (Å²) in [5.74, 6) is 1.18. The Kier molecular flexibility index (Phi) is 12.6. The third-order valence-corrected chi connectivity index (χ3v) is 9.18. The van der Waals surface area contributed by atoms with Gasteiger partial charge in [0.05, 0.1) is 58.9 Å². The number of hydrogen-bond donors (Lipinski definition) is 2. The molecule has 0 unspecified atom stereocenters. The van der Waals surface area contributed by atoms with Crippen molar-refractivity contribution in [2.75, 3.05) is 11.1 Å². The highest BCUT2D eigenvalue weighted by Crippen LogP contribution is 2.39. The minimum atomic E-state index is -0.738. The lowest BCUT2D eigenvalue weighted by atomic mass is 10.1. The summed E-state index contributed by atoms with van der Waals surface area (Å²) in [5.41, 5.74) is 10.2. The van der Waals surface area contributed by atoms with Gasteiger partial charge in [-0.25, -0.2) is 42.8 Å². The Morgan fingerprint density at radius 1 is 0.613 bits per heavy atom. The molecule has 328 valence electrons. The Morgan fingerprint density at radius 2 is 1.02 bits per heavy atom. The number of nitrogens with two attached hydrogens (primary N) is 1. The SMILES string of the molecule is CC(C)(C)OC(=O)Nc1ncc(-c2ccc(-n3cc(C4CC4)nn3)cc2)n1C(=O)OC(C)(C)C.CC(C)(C)OC(=O)n1c(-c2ccc(-n3cc(C4CC4)nn3)cc2)cnc1N.Cl. The third-order valence-electron chi connectivity index (χ3n) is 9.18. The molecule has 0 atom stereocenters. The number of nitrogens with one attached hydrogen (secondary N) is 1. The zero-order chi connectivity index (χ0) is 43.9. The van der Waals surface area contributed by atoms with Crippen molar-refractivity contribution >= 4 is 42.6 Å². The molecule has 19 heteroatoms. The van der Waals surface area contributed by atoms with E-state index < -0.39 is 35.1 Å². The maximum Gasteiger partial charge on any atom is 0.421 e. The zero-order valence-electron chi connectivity index (χ0n) is 36.3. The highest BCUT2D eigenvalue weighted by molar-refractivity contribution is 5.89. The number of anilines is 2. The summed E-state index contributed by atoms with van der Waals surface area (Å²) in [6.45, 7) is 16.0. The number of hydrogen-bond acceptors (Lipinski definition) is 13. The van der Waals surface area contributed by atoms with Crippen molar-refractivity contribution in [3.8, 4) is 33.9 Å². The Hall–Kier alpha value is -6.56. The van der Waals surface area contributed by atoms with E-state index in [0.717, 1.165) is 41.2 Å². The van der Waals surface area contributed by atoms with Crippen LogP contribution in [0.5, 0.6) is 0 Å². The Bertz CT molecular complexity index is 2530. The van der Waals surface area contributed by atoms with Gasteiger partial charge in [0.2, 0.25) is 11.9 Å². The summed E-state index contributed by atoms with van der Waals surface area (Å²) in [4.78, 5) is 46.2. The summed E-state index contributed by atoms with van der Waals surface area (Å²) < 4.78 is 22.3. The standard InChI is InChI=1S/C24H30N6O4.C19H22N6O2.ClH/c1-23(2,3)33-21(31)26-20-25-13-19(30(20)22(32)34-24(4,5)6)16-9-11-17(12-10-16)29-14-18(27-28-29)15-7-8-15;1-19(2,3)27-18(26)25-16(10-21-17(25)20)13-6-8-14(9-7-13)24-11-15(22-23-24)12-4-5-12;/h9-15H,7-8H2,1-6H3,(H,25,26,31);6-12H,4-5H2,1-3H3,(H2,20,21);1H. The molecule has 6 aromatic rings. The number of carbonyl (C=O) groups is 3. The van der Waals surface area contributed by atoms with E-state index in [1.807, 2.05) is 60.9 Å². The minimum Gasteiger partial charge on any atom is -0.444 e. The van der Waals surface area contributed by atoms with Crippen LogP contribution in [0.2, 0.25) is 0 Å². The molecule has 0 saturated heterocycles. The molecule has 8 rings (SSSR count). The fraction of sp³-hybridized carbons (Fsp3) is 0.419. The van der Waals surface area contributed by atoms with Crippen LogP contribution in [0.1, 0.15) is 111 Å². The average Bonchev–Trinajstić information content (AvgIpc) is 3.98. The van der Waals surface area contributed by atoms with E-state index in [4.69, 9.17) is 19.9 Å². The van der Waals surface area contributed by atoms with Crippen LogP contribution in [-0.2, 0) is 14.2 Å². The van der Waals surface area contributed by atoms with Crippen molar-refractivity contribution in [3.05, 3.63) is 84.7 Å². The van der Waals surface area contributed by atoms with Crippen LogP contribution in [0.25, 0.3) is 33.9 Å². The molecule has 0 bridgehead atoms. The van der Waals surface area contributed by atoms with E-state index in [0.29, 0.717) is 28.8 Å². The molecule has 1 amide bonds. The van der Waals surface area contributed by atoms with Crippen LogP contribution < -0.4 is 11.1 Å². The second-order valence-electron chi connectivity index (χ2n) is 18.0. The first kappa shape index (κ1) is 45.0. The van der Waals surface area contributed by atoms with Gasteiger partial charge in [-0.3, -0.25) is 5.32 Å². The molecule has 4 heterocycles. The van der Waals surface area contributed by atoms with E-state index >= 15 is 0 Å². The van der Waals surface area contributed by atoms with E-state index in [1.54, 1.807) is 77.9 Å². The zero-order valence-corrected chi connectivity index (χ0v) is 37.1. The fourth-order valence-electron chi connectivity index (χ4n) is 6.11. The van der Waals surface area contributed by atoms with Crippen molar-refractivity contribution in [2.24, 2.45) is 0 Å². The number of halogens is 1. The second-order valence-corrected chi connectivity index (χ2v) is 18.0. The van der Waals surface area contributed by atoms with E-state index in [2.05, 4.69) is 35.9 Å². The third kappa shape index (κ3) is 11.2. The number of carbonyl (C=O) groups excluding carboxylic acids is 3. The van der Waals surface area contributed by atoms with Gasteiger partial charge in [-0.1, -0.05) is 34.7 Å². The average molecular weight is 869 g/mol. The van der Waals surface area contributed by atoms with Crippen molar-refractivity contribution in [2.45, 2.75) is 117 Å². The van der Waals surface area contributed by atoms with Crippen molar-refractivity contribution in [3.63, 3.8) is 0 Å². The summed E-state index contributed by atoms with van der Waals surface area (Å²) in [6, 6.07) is 15.1. The van der Waals surface area contributed by atoms with Crippen LogP contribution in [0.3, 0.4) is 0 Å². The molecule has 2 fully saturated rings. The van der Waals surface area contributed by atoms with Gasteiger partial charge in [0.25, 0.3) is 0 Å². The van der Waals surface area contributed by atoms with Gasteiger partial charge in [0, 0.05) is 23.0 Å². The molecule has 2 aliphatic carbocycles. The summed E-state index contributed by atoms with van der Waals surface area (Å²) in [7, 11) is 0.